The van der Waals surface area contributed by atoms with Crippen molar-refractivity contribution in [2.45, 2.75) is 12.0 Å². The summed E-state index contributed by atoms with van der Waals surface area (Å²) in [5, 5.41) is 0.625. The molecule has 2 aromatic carbocycles. The van der Waals surface area contributed by atoms with E-state index in [1.165, 1.54) is 5.56 Å². The number of nitrogens with zero attached hydrogens (tertiary/aromatic N) is 1. The van der Waals surface area contributed by atoms with E-state index in [9.17, 15) is 4.79 Å². The van der Waals surface area contributed by atoms with Crippen LogP contribution in [0, 0.1) is 0 Å². The molecule has 2 atom stereocenters. The van der Waals surface area contributed by atoms with Gasteiger partial charge in [-0.3, -0.25) is 4.79 Å². The Kier molecular flexibility index (Phi) is 4.24. The molecule has 4 nitrogen and oxygen atoms in total. The highest BCUT2D eigenvalue weighted by atomic mass is 35.5. The fourth-order valence-corrected chi connectivity index (χ4v) is 3.70. The van der Waals surface area contributed by atoms with Gasteiger partial charge in [0.25, 0.3) is 5.91 Å². The zero-order valence-electron chi connectivity index (χ0n) is 13.7. The second-order valence-corrected chi connectivity index (χ2v) is 6.97. The molecular weight excluding hydrogens is 336 g/mol. The molecule has 0 spiro atoms. The van der Waals surface area contributed by atoms with Crippen molar-refractivity contribution >= 4 is 23.6 Å². The maximum atomic E-state index is 12.9. The Hall–Kier alpha value is -2.30. The summed E-state index contributed by atoms with van der Waals surface area (Å²) in [5.41, 5.74) is 8.95. The van der Waals surface area contributed by atoms with Crippen molar-refractivity contribution in [1.82, 2.24) is 4.90 Å². The van der Waals surface area contributed by atoms with Gasteiger partial charge in [-0.15, -0.1) is 0 Å². The SMILES string of the molecule is N[C@@H]1CN(C(=O)C2=Cc3cc(Cl)ccc3OC2)C[C@H]1c1ccccc1. The van der Waals surface area contributed by atoms with Crippen LogP contribution in [0.3, 0.4) is 0 Å². The topological polar surface area (TPSA) is 55.6 Å². The number of hydrogen-bond acceptors (Lipinski definition) is 3. The number of ether oxygens (including phenoxy) is 1. The van der Waals surface area contributed by atoms with E-state index < -0.39 is 0 Å². The van der Waals surface area contributed by atoms with E-state index in [0.29, 0.717) is 23.7 Å². The largest absolute Gasteiger partial charge is 0.488 e. The zero-order chi connectivity index (χ0) is 17.4. The van der Waals surface area contributed by atoms with E-state index in [2.05, 4.69) is 12.1 Å². The summed E-state index contributed by atoms with van der Waals surface area (Å²) in [4.78, 5) is 14.7. The number of amides is 1. The third-order valence-corrected chi connectivity index (χ3v) is 5.07. The second-order valence-electron chi connectivity index (χ2n) is 6.53. The lowest BCUT2D eigenvalue weighted by Crippen LogP contribution is -2.34. The molecule has 2 N–H and O–H groups in total. The van der Waals surface area contributed by atoms with Crippen LogP contribution >= 0.6 is 11.6 Å². The third-order valence-electron chi connectivity index (χ3n) is 4.84. The predicted octanol–water partition coefficient (Wildman–Crippen LogP) is 3.07. The van der Waals surface area contributed by atoms with Gasteiger partial charge in [-0.05, 0) is 29.8 Å². The second kappa shape index (κ2) is 6.54. The summed E-state index contributed by atoms with van der Waals surface area (Å²) in [5.74, 6) is 0.901. The highest BCUT2D eigenvalue weighted by Gasteiger charge is 2.35. The van der Waals surface area contributed by atoms with Crippen molar-refractivity contribution in [1.29, 1.82) is 0 Å². The number of nitrogens with two attached hydrogens (primary N) is 1. The summed E-state index contributed by atoms with van der Waals surface area (Å²) >= 11 is 6.04. The molecule has 0 bridgehead atoms. The number of carbonyl (C=O) groups excluding carboxylic acids is 1. The minimum absolute atomic E-state index is 0.0143. The fraction of sp³-hybridized carbons (Fsp3) is 0.250. The molecule has 2 aliphatic heterocycles. The van der Waals surface area contributed by atoms with Gasteiger partial charge in [-0.2, -0.15) is 0 Å². The van der Waals surface area contributed by atoms with Crippen LogP contribution in [0.15, 0.2) is 54.1 Å². The first kappa shape index (κ1) is 16.2. The van der Waals surface area contributed by atoms with Gasteiger partial charge in [0.05, 0.1) is 5.57 Å². The summed E-state index contributed by atoms with van der Waals surface area (Å²) in [6, 6.07) is 15.5. The molecule has 2 heterocycles. The van der Waals surface area contributed by atoms with Gasteiger partial charge < -0.3 is 15.4 Å². The van der Waals surface area contributed by atoms with E-state index in [4.69, 9.17) is 22.1 Å². The Morgan fingerprint density at radius 1 is 1.16 bits per heavy atom. The molecule has 128 valence electrons. The number of hydrogen-bond donors (Lipinski definition) is 1. The average Bonchev–Trinajstić information content (AvgIpc) is 3.03. The zero-order valence-corrected chi connectivity index (χ0v) is 14.4. The lowest BCUT2D eigenvalue weighted by atomic mass is 9.95. The molecule has 4 rings (SSSR count). The lowest BCUT2D eigenvalue weighted by Gasteiger charge is -2.22. The number of carbonyl (C=O) groups is 1. The van der Waals surface area contributed by atoms with Crippen LogP contribution in [-0.4, -0.2) is 36.5 Å². The summed E-state index contributed by atoms with van der Waals surface area (Å²) in [6.45, 7) is 1.46. The Labute approximate surface area is 151 Å². The standard InChI is InChI=1S/C20H19ClN2O2/c21-16-6-7-19-14(9-16)8-15(12-25-19)20(24)23-10-17(18(22)11-23)13-4-2-1-3-5-13/h1-9,17-18H,10-12,22H2/t17-,18+/m0/s1. The minimum Gasteiger partial charge on any atom is -0.488 e. The molecule has 0 unspecified atom stereocenters. The molecule has 1 fully saturated rings. The lowest BCUT2D eigenvalue weighted by molar-refractivity contribution is -0.126. The van der Waals surface area contributed by atoms with Crippen LogP contribution in [0.25, 0.3) is 6.08 Å². The van der Waals surface area contributed by atoms with Crippen LogP contribution in [-0.2, 0) is 4.79 Å². The molecule has 0 aromatic heterocycles. The van der Waals surface area contributed by atoms with Crippen LogP contribution in [0.2, 0.25) is 5.02 Å². The molecular formula is C20H19ClN2O2. The molecule has 0 radical (unpaired) electrons. The molecule has 2 aliphatic rings. The fourth-order valence-electron chi connectivity index (χ4n) is 3.52. The van der Waals surface area contributed by atoms with Gasteiger partial charge in [-0.25, -0.2) is 0 Å². The van der Waals surface area contributed by atoms with Gasteiger partial charge in [-0.1, -0.05) is 41.9 Å². The quantitative estimate of drug-likeness (QED) is 0.901. The predicted molar refractivity (Wildman–Crippen MR) is 98.7 cm³/mol. The van der Waals surface area contributed by atoms with Crippen LogP contribution < -0.4 is 10.5 Å². The molecule has 25 heavy (non-hydrogen) atoms. The van der Waals surface area contributed by atoms with Gasteiger partial charge in [0, 0.05) is 35.6 Å². The normalized spacial score (nSPS) is 22.2. The molecule has 2 aromatic rings. The van der Waals surface area contributed by atoms with E-state index in [0.717, 1.165) is 11.3 Å². The summed E-state index contributed by atoms with van der Waals surface area (Å²) in [7, 11) is 0. The Morgan fingerprint density at radius 3 is 2.76 bits per heavy atom. The van der Waals surface area contributed by atoms with Gasteiger partial charge in [0.1, 0.15) is 12.4 Å². The maximum absolute atomic E-state index is 12.9. The Bertz CT molecular complexity index is 835. The number of benzene rings is 2. The molecule has 5 heteroatoms. The number of halogens is 1. The smallest absolute Gasteiger partial charge is 0.253 e. The monoisotopic (exact) mass is 354 g/mol. The van der Waals surface area contributed by atoms with Crippen molar-refractivity contribution in [2.75, 3.05) is 19.7 Å². The van der Waals surface area contributed by atoms with Crippen LogP contribution in [0.4, 0.5) is 0 Å². The van der Waals surface area contributed by atoms with Gasteiger partial charge in [0.2, 0.25) is 0 Å². The number of rotatable bonds is 2. The van der Waals surface area contributed by atoms with Crippen LogP contribution in [0.5, 0.6) is 5.75 Å². The van der Waals surface area contributed by atoms with E-state index >= 15 is 0 Å². The van der Waals surface area contributed by atoms with E-state index in [1.807, 2.05) is 41.3 Å². The van der Waals surface area contributed by atoms with Crippen molar-refractivity contribution in [3.63, 3.8) is 0 Å². The Balaban J connectivity index is 1.54. The van der Waals surface area contributed by atoms with Crippen LogP contribution in [0.1, 0.15) is 17.0 Å². The van der Waals surface area contributed by atoms with Gasteiger partial charge >= 0.3 is 0 Å². The minimum atomic E-state index is -0.0572. The molecule has 0 saturated carbocycles. The summed E-state index contributed by atoms with van der Waals surface area (Å²) < 4.78 is 5.70. The highest BCUT2D eigenvalue weighted by molar-refractivity contribution is 6.30. The van der Waals surface area contributed by atoms with Crippen molar-refractivity contribution in [3.05, 3.63) is 70.3 Å². The Morgan fingerprint density at radius 2 is 1.96 bits per heavy atom. The first-order valence-electron chi connectivity index (χ1n) is 8.34. The molecule has 1 saturated heterocycles. The van der Waals surface area contributed by atoms with Crippen molar-refractivity contribution in [3.8, 4) is 5.75 Å². The first-order valence-corrected chi connectivity index (χ1v) is 8.72. The van der Waals surface area contributed by atoms with E-state index in [1.54, 1.807) is 6.07 Å². The number of likely N-dealkylation sites (tertiary alicyclic amines) is 1. The molecule has 1 amide bonds. The van der Waals surface area contributed by atoms with E-state index in [-0.39, 0.29) is 24.5 Å². The highest BCUT2D eigenvalue weighted by Crippen LogP contribution is 2.31. The van der Waals surface area contributed by atoms with Crippen molar-refractivity contribution in [2.24, 2.45) is 5.73 Å². The van der Waals surface area contributed by atoms with Gasteiger partial charge in [0.15, 0.2) is 0 Å². The first-order chi connectivity index (χ1) is 12.1. The summed E-state index contributed by atoms with van der Waals surface area (Å²) in [6.07, 6.45) is 1.87. The van der Waals surface area contributed by atoms with Crippen molar-refractivity contribution < 1.29 is 9.53 Å². The third kappa shape index (κ3) is 3.15. The molecule has 0 aliphatic carbocycles. The number of fused-ring (bicyclic) bond motifs is 1. The average molecular weight is 355 g/mol. The maximum Gasteiger partial charge on any atom is 0.253 e.